The molecule has 0 aliphatic rings. The number of carbonyl (C=O) groups is 1. The Balaban J connectivity index is 1.95. The van der Waals surface area contributed by atoms with Crippen molar-refractivity contribution in [2.45, 2.75) is 59.5 Å². The van der Waals surface area contributed by atoms with Crippen LogP contribution in [-0.4, -0.2) is 15.7 Å². The molecular formula is C20H26N4O. The molecule has 5 heteroatoms. The lowest BCUT2D eigenvalue weighted by Gasteiger charge is -2.16. The van der Waals surface area contributed by atoms with Gasteiger partial charge in [-0.2, -0.15) is 10.4 Å². The summed E-state index contributed by atoms with van der Waals surface area (Å²) in [4.78, 5) is 12.3. The van der Waals surface area contributed by atoms with Crippen LogP contribution in [0.4, 0.5) is 0 Å². The van der Waals surface area contributed by atoms with E-state index < -0.39 is 0 Å². The van der Waals surface area contributed by atoms with Gasteiger partial charge in [-0.15, -0.1) is 0 Å². The van der Waals surface area contributed by atoms with Gasteiger partial charge >= 0.3 is 0 Å². The second-order valence-electron chi connectivity index (χ2n) is 6.43. The summed E-state index contributed by atoms with van der Waals surface area (Å²) in [5, 5.41) is 16.3. The third kappa shape index (κ3) is 4.69. The van der Waals surface area contributed by atoms with Crippen molar-refractivity contribution in [3.63, 3.8) is 0 Å². The summed E-state index contributed by atoms with van der Waals surface area (Å²) < 4.78 is 1.86. The lowest BCUT2D eigenvalue weighted by molar-refractivity contribution is -0.121. The summed E-state index contributed by atoms with van der Waals surface area (Å²) in [6, 6.07) is 10.2. The van der Waals surface area contributed by atoms with Crippen LogP contribution in [0.2, 0.25) is 0 Å². The lowest BCUT2D eigenvalue weighted by atomic mass is 10.0. The van der Waals surface area contributed by atoms with E-state index in [1.54, 1.807) is 0 Å². The standard InChI is InChI=1S/C20H26N4O/c1-14-8-5-6-9-18(14)15(2)22-20(25)11-10-19-16(3)23-24(17(19)4)13-7-12-21/h5-6,8-9,15H,7,10-11,13H2,1-4H3,(H,22,25). The van der Waals surface area contributed by atoms with Crippen LogP contribution in [0.3, 0.4) is 0 Å². The number of carbonyl (C=O) groups excluding carboxylic acids is 1. The van der Waals surface area contributed by atoms with Crippen LogP contribution in [0.1, 0.15) is 53.9 Å². The van der Waals surface area contributed by atoms with Crippen LogP contribution in [0.25, 0.3) is 0 Å². The van der Waals surface area contributed by atoms with Gasteiger partial charge in [-0.1, -0.05) is 24.3 Å². The predicted octanol–water partition coefficient (Wildman–Crippen LogP) is 3.53. The molecule has 1 N–H and O–H groups in total. The molecule has 132 valence electrons. The van der Waals surface area contributed by atoms with Crippen molar-refractivity contribution in [1.29, 1.82) is 5.26 Å². The van der Waals surface area contributed by atoms with Crippen molar-refractivity contribution in [2.24, 2.45) is 0 Å². The van der Waals surface area contributed by atoms with Gasteiger partial charge in [0.2, 0.25) is 5.91 Å². The van der Waals surface area contributed by atoms with Crippen molar-refractivity contribution in [2.75, 3.05) is 0 Å². The van der Waals surface area contributed by atoms with Crippen LogP contribution >= 0.6 is 0 Å². The number of benzene rings is 1. The molecule has 1 atom stereocenters. The van der Waals surface area contributed by atoms with Gasteiger partial charge in [0, 0.05) is 12.1 Å². The Kier molecular flexibility index (Phi) is 6.35. The van der Waals surface area contributed by atoms with E-state index in [1.165, 1.54) is 5.56 Å². The molecule has 25 heavy (non-hydrogen) atoms. The fourth-order valence-corrected chi connectivity index (χ4v) is 3.17. The van der Waals surface area contributed by atoms with E-state index >= 15 is 0 Å². The van der Waals surface area contributed by atoms with Gasteiger partial charge in [0.15, 0.2) is 0 Å². The first-order chi connectivity index (χ1) is 11.9. The fraction of sp³-hybridized carbons (Fsp3) is 0.450. The van der Waals surface area contributed by atoms with E-state index in [4.69, 9.17) is 5.26 Å². The Labute approximate surface area is 149 Å². The maximum Gasteiger partial charge on any atom is 0.220 e. The summed E-state index contributed by atoms with van der Waals surface area (Å²) in [6.45, 7) is 8.62. The highest BCUT2D eigenvalue weighted by molar-refractivity contribution is 5.76. The van der Waals surface area contributed by atoms with Gasteiger partial charge in [-0.25, -0.2) is 0 Å². The van der Waals surface area contributed by atoms with Crippen LogP contribution in [-0.2, 0) is 17.8 Å². The van der Waals surface area contributed by atoms with Crippen molar-refractivity contribution in [1.82, 2.24) is 15.1 Å². The Morgan fingerprint density at radius 1 is 1.32 bits per heavy atom. The van der Waals surface area contributed by atoms with E-state index in [2.05, 4.69) is 29.5 Å². The van der Waals surface area contributed by atoms with E-state index in [1.807, 2.05) is 43.7 Å². The summed E-state index contributed by atoms with van der Waals surface area (Å²) in [6.07, 6.45) is 1.54. The zero-order valence-electron chi connectivity index (χ0n) is 15.5. The molecule has 1 aromatic heterocycles. The molecule has 2 aromatic rings. The smallest absolute Gasteiger partial charge is 0.220 e. The average Bonchev–Trinajstić information content (AvgIpc) is 2.85. The largest absolute Gasteiger partial charge is 0.350 e. The Hall–Kier alpha value is -2.61. The SMILES string of the molecule is Cc1ccccc1C(C)NC(=O)CCc1c(C)nn(CCC#N)c1C. The molecule has 0 spiro atoms. The lowest BCUT2D eigenvalue weighted by Crippen LogP contribution is -2.27. The van der Waals surface area contributed by atoms with Crippen LogP contribution in [0, 0.1) is 32.1 Å². The monoisotopic (exact) mass is 338 g/mol. The third-order valence-corrected chi connectivity index (χ3v) is 4.60. The fourth-order valence-electron chi connectivity index (χ4n) is 3.17. The Morgan fingerprint density at radius 3 is 2.72 bits per heavy atom. The second kappa shape index (κ2) is 8.48. The highest BCUT2D eigenvalue weighted by Crippen LogP contribution is 2.18. The molecule has 2 rings (SSSR count). The molecule has 0 radical (unpaired) electrons. The maximum absolute atomic E-state index is 12.3. The molecule has 0 saturated carbocycles. The molecule has 0 aliphatic carbocycles. The molecule has 0 bridgehead atoms. The second-order valence-corrected chi connectivity index (χ2v) is 6.43. The van der Waals surface area contributed by atoms with Gasteiger partial charge in [0.05, 0.1) is 30.8 Å². The van der Waals surface area contributed by atoms with Gasteiger partial charge in [-0.05, 0) is 50.8 Å². The van der Waals surface area contributed by atoms with E-state index in [-0.39, 0.29) is 11.9 Å². The van der Waals surface area contributed by atoms with Gasteiger partial charge in [0.25, 0.3) is 0 Å². The van der Waals surface area contributed by atoms with Gasteiger partial charge in [0.1, 0.15) is 0 Å². The zero-order valence-corrected chi connectivity index (χ0v) is 15.5. The number of amides is 1. The first-order valence-electron chi connectivity index (χ1n) is 8.68. The molecule has 1 heterocycles. The molecular weight excluding hydrogens is 312 g/mol. The van der Waals surface area contributed by atoms with Gasteiger partial charge < -0.3 is 5.32 Å². The van der Waals surface area contributed by atoms with Gasteiger partial charge in [-0.3, -0.25) is 9.48 Å². The predicted molar refractivity (Wildman–Crippen MR) is 98.0 cm³/mol. The van der Waals surface area contributed by atoms with Crippen molar-refractivity contribution in [3.8, 4) is 6.07 Å². The minimum atomic E-state index is -0.00533. The summed E-state index contributed by atoms with van der Waals surface area (Å²) >= 11 is 0. The average molecular weight is 338 g/mol. The van der Waals surface area contributed by atoms with E-state index in [9.17, 15) is 4.79 Å². The molecule has 1 amide bonds. The number of rotatable bonds is 7. The molecule has 1 aromatic carbocycles. The minimum Gasteiger partial charge on any atom is -0.350 e. The van der Waals surface area contributed by atoms with Crippen LogP contribution in [0.5, 0.6) is 0 Å². The third-order valence-electron chi connectivity index (χ3n) is 4.60. The number of aromatic nitrogens is 2. The summed E-state index contributed by atoms with van der Waals surface area (Å²) in [5.41, 5.74) is 5.42. The highest BCUT2D eigenvalue weighted by Gasteiger charge is 2.15. The minimum absolute atomic E-state index is 0.00533. The van der Waals surface area contributed by atoms with Crippen molar-refractivity contribution < 1.29 is 4.79 Å². The number of nitrogens with zero attached hydrogens (tertiary/aromatic N) is 3. The van der Waals surface area contributed by atoms with Crippen LogP contribution < -0.4 is 5.32 Å². The topological polar surface area (TPSA) is 70.7 Å². The molecule has 5 nitrogen and oxygen atoms in total. The first kappa shape index (κ1) is 18.7. The number of aryl methyl sites for hydroxylation is 3. The molecule has 0 aliphatic heterocycles. The zero-order chi connectivity index (χ0) is 18.4. The summed E-state index contributed by atoms with van der Waals surface area (Å²) in [5.74, 6) is 0.0410. The van der Waals surface area contributed by atoms with E-state index in [0.29, 0.717) is 25.8 Å². The number of nitrogens with one attached hydrogen (secondary N) is 1. The van der Waals surface area contributed by atoms with Crippen molar-refractivity contribution >= 4 is 5.91 Å². The molecule has 1 unspecified atom stereocenters. The number of hydrogen-bond acceptors (Lipinski definition) is 3. The number of hydrogen-bond donors (Lipinski definition) is 1. The Morgan fingerprint density at radius 2 is 2.04 bits per heavy atom. The number of nitriles is 1. The molecule has 0 fully saturated rings. The Bertz CT molecular complexity index is 785. The maximum atomic E-state index is 12.3. The summed E-state index contributed by atoms with van der Waals surface area (Å²) in [7, 11) is 0. The molecule has 0 saturated heterocycles. The normalized spacial score (nSPS) is 11.8. The van der Waals surface area contributed by atoms with Crippen molar-refractivity contribution in [3.05, 3.63) is 52.3 Å². The quantitative estimate of drug-likeness (QED) is 0.839. The van der Waals surface area contributed by atoms with E-state index in [0.717, 1.165) is 22.5 Å². The van der Waals surface area contributed by atoms with Crippen LogP contribution in [0.15, 0.2) is 24.3 Å². The first-order valence-corrected chi connectivity index (χ1v) is 8.68. The highest BCUT2D eigenvalue weighted by atomic mass is 16.1.